The van der Waals surface area contributed by atoms with Crippen LogP contribution in [0.15, 0.2) is 30.6 Å². The Morgan fingerprint density at radius 2 is 2.10 bits per heavy atom. The van der Waals surface area contributed by atoms with E-state index in [1.54, 1.807) is 25.3 Å². The predicted octanol–water partition coefficient (Wildman–Crippen LogP) is 3.54. The van der Waals surface area contributed by atoms with Crippen LogP contribution in [0.5, 0.6) is 0 Å². The predicted molar refractivity (Wildman–Crippen MR) is 97.5 cm³/mol. The molecule has 0 spiro atoms. The molecule has 4 rings (SSSR count). The summed E-state index contributed by atoms with van der Waals surface area (Å²) in [4.78, 5) is 26.1. The molecule has 29 heavy (non-hydrogen) atoms. The molecule has 4 aromatic rings. The molecule has 9 nitrogen and oxygen atoms in total. The molecule has 0 aliphatic carbocycles. The summed E-state index contributed by atoms with van der Waals surface area (Å²) in [5, 5.41) is 13.3. The van der Waals surface area contributed by atoms with Crippen molar-refractivity contribution in [1.82, 2.24) is 19.8 Å². The molecule has 1 aromatic carbocycles. The smallest absolute Gasteiger partial charge is 0.450 e. The van der Waals surface area contributed by atoms with Gasteiger partial charge in [-0.3, -0.25) is 10.4 Å². The van der Waals surface area contributed by atoms with Crippen molar-refractivity contribution in [1.29, 1.82) is 0 Å². The number of rotatable bonds is 3. The van der Waals surface area contributed by atoms with Crippen LogP contribution in [0, 0.1) is 12.7 Å². The molecule has 0 saturated carbocycles. The fraction of sp³-hybridized carbons (Fsp3) is 0.111. The summed E-state index contributed by atoms with van der Waals surface area (Å²) in [5.41, 5.74) is 1.93. The Morgan fingerprint density at radius 3 is 2.83 bits per heavy atom. The molecule has 0 bridgehead atoms. The van der Waals surface area contributed by atoms with Crippen LogP contribution in [0.1, 0.15) is 15.9 Å². The maximum Gasteiger partial charge on any atom is 0.450 e. The zero-order chi connectivity index (χ0) is 20.7. The van der Waals surface area contributed by atoms with Gasteiger partial charge in [0.2, 0.25) is 0 Å². The Morgan fingerprint density at radius 1 is 1.31 bits per heavy atom. The number of aromatic nitrogens is 4. The number of halogens is 2. The highest BCUT2D eigenvalue weighted by Gasteiger charge is 2.24. The lowest BCUT2D eigenvalue weighted by Crippen LogP contribution is -2.09. The zero-order valence-corrected chi connectivity index (χ0v) is 15.1. The third-order valence-electron chi connectivity index (χ3n) is 4.52. The van der Waals surface area contributed by atoms with Crippen molar-refractivity contribution in [3.63, 3.8) is 0 Å². The van der Waals surface area contributed by atoms with Gasteiger partial charge in [-0.25, -0.2) is 23.4 Å². The number of hydrogen-bond donors (Lipinski definition) is 2. The van der Waals surface area contributed by atoms with Gasteiger partial charge in [-0.05, 0) is 35.7 Å². The number of nitrogens with one attached hydrogen (secondary N) is 2. The summed E-state index contributed by atoms with van der Waals surface area (Å²) in [7, 11) is 1.17. The van der Waals surface area contributed by atoms with Crippen molar-refractivity contribution >= 4 is 34.3 Å². The van der Waals surface area contributed by atoms with E-state index in [1.807, 2.05) is 0 Å². The zero-order valence-electron chi connectivity index (χ0n) is 15.1. The average Bonchev–Trinajstić information content (AvgIpc) is 3.34. The topological polar surface area (TPSA) is 111 Å². The first kappa shape index (κ1) is 18.3. The molecule has 0 radical (unpaired) electrons. The van der Waals surface area contributed by atoms with Gasteiger partial charge in [0, 0.05) is 22.2 Å². The van der Waals surface area contributed by atoms with E-state index in [9.17, 15) is 14.1 Å². The van der Waals surface area contributed by atoms with Crippen LogP contribution in [0.4, 0.5) is 19.5 Å². The molecule has 3 aromatic heterocycles. The van der Waals surface area contributed by atoms with Crippen molar-refractivity contribution in [2.24, 2.45) is 0 Å². The Hall–Kier alpha value is -4.02. The third kappa shape index (κ3) is 2.92. The highest BCUT2D eigenvalue weighted by atomic mass is 19.3. The summed E-state index contributed by atoms with van der Waals surface area (Å²) in [6.07, 6.45) is 1.78. The number of hydrogen-bond acceptors (Lipinski definition) is 6. The first-order valence-corrected chi connectivity index (χ1v) is 8.27. The fourth-order valence-corrected chi connectivity index (χ4v) is 3.28. The summed E-state index contributed by atoms with van der Waals surface area (Å²) in [6, 6.07) is 4.87. The molecule has 148 valence electrons. The lowest BCUT2D eigenvalue weighted by molar-refractivity contribution is -0.0544. The number of carbonyl (C=O) groups is 2. The van der Waals surface area contributed by atoms with Crippen molar-refractivity contribution < 1.29 is 28.2 Å². The van der Waals surface area contributed by atoms with Gasteiger partial charge in [-0.2, -0.15) is 5.10 Å². The second-order valence-corrected chi connectivity index (χ2v) is 6.14. The number of esters is 1. The van der Waals surface area contributed by atoms with Crippen LogP contribution < -0.4 is 5.32 Å². The van der Waals surface area contributed by atoms with Gasteiger partial charge < -0.3 is 4.74 Å². The highest BCUT2D eigenvalue weighted by Crippen LogP contribution is 2.36. The first-order chi connectivity index (χ1) is 13.9. The molecule has 0 atom stereocenters. The molecule has 0 unspecified atom stereocenters. The van der Waals surface area contributed by atoms with Gasteiger partial charge in [-0.1, -0.05) is 0 Å². The van der Waals surface area contributed by atoms with E-state index in [-0.39, 0.29) is 22.5 Å². The number of pyridine rings is 1. The Balaban J connectivity index is 1.89. The maximum atomic E-state index is 15.0. The second-order valence-electron chi connectivity index (χ2n) is 6.14. The number of amides is 1. The monoisotopic (exact) mass is 401 g/mol. The minimum Gasteiger partial charge on any atom is -0.465 e. The number of methoxy groups -OCH3 is 1. The van der Waals surface area contributed by atoms with E-state index in [1.165, 1.54) is 23.9 Å². The molecule has 2 N–H and O–H groups in total. The number of H-pyrrole nitrogens is 1. The van der Waals surface area contributed by atoms with Gasteiger partial charge in [0.05, 0.1) is 24.3 Å². The molecule has 0 fully saturated rings. The number of fused-ring (bicyclic) bond motifs is 2. The molecule has 0 aliphatic heterocycles. The summed E-state index contributed by atoms with van der Waals surface area (Å²) >= 11 is 0. The number of aromatic amines is 1. The minimum atomic E-state index is -1.30. The van der Waals surface area contributed by atoms with E-state index < -0.39 is 17.9 Å². The van der Waals surface area contributed by atoms with Crippen molar-refractivity contribution in [2.75, 3.05) is 12.4 Å². The number of benzene rings is 1. The summed E-state index contributed by atoms with van der Waals surface area (Å²) in [5.74, 6) is -1.46. The number of carbonyl (C=O) groups excluding carboxylic acids is 2. The molecular formula is C18H13F2N5O4. The molecule has 0 aliphatic rings. The van der Waals surface area contributed by atoms with Crippen LogP contribution in [-0.2, 0) is 9.68 Å². The molecule has 11 heteroatoms. The Kier molecular flexibility index (Phi) is 4.34. The standard InChI is InChI=1S/C18H13F2N5O4/c1-8-13(11-7-21-23-16(11)14(15(8)19)17(26)28-2)9-3-4-25-10(5-9)6-12(24-25)22-18(27)29-20/h3-7H,1-2H3,(H,21,23)(H,22,24,27). The van der Waals surface area contributed by atoms with Gasteiger partial charge in [0.15, 0.2) is 5.82 Å². The summed E-state index contributed by atoms with van der Waals surface area (Å²) in [6.45, 7) is 1.55. The summed E-state index contributed by atoms with van der Waals surface area (Å²) < 4.78 is 33.1. The van der Waals surface area contributed by atoms with Gasteiger partial charge in [-0.15, -0.1) is 5.10 Å². The van der Waals surface area contributed by atoms with Gasteiger partial charge >= 0.3 is 12.1 Å². The second kappa shape index (κ2) is 6.86. The van der Waals surface area contributed by atoms with Crippen molar-refractivity contribution in [3.05, 3.63) is 47.5 Å². The fourth-order valence-electron chi connectivity index (χ4n) is 3.28. The highest BCUT2D eigenvalue weighted by molar-refractivity contribution is 6.08. The molecule has 1 amide bonds. The Labute approximate surface area is 161 Å². The molecule has 3 heterocycles. The lowest BCUT2D eigenvalue weighted by atomic mass is 9.94. The van der Waals surface area contributed by atoms with Crippen LogP contribution in [0.25, 0.3) is 27.5 Å². The minimum absolute atomic E-state index is 0.0715. The van der Waals surface area contributed by atoms with E-state index in [4.69, 9.17) is 0 Å². The largest absolute Gasteiger partial charge is 0.465 e. The number of ether oxygens (including phenoxy) is 1. The van der Waals surface area contributed by atoms with Gasteiger partial charge in [0.1, 0.15) is 11.4 Å². The lowest BCUT2D eigenvalue weighted by Gasteiger charge is -2.13. The molecular weight excluding hydrogens is 388 g/mol. The molecule has 0 saturated heterocycles. The number of nitrogens with zero attached hydrogens (tertiary/aromatic N) is 3. The van der Waals surface area contributed by atoms with Gasteiger partial charge in [0.25, 0.3) is 0 Å². The SMILES string of the molecule is COC(=O)c1c(F)c(C)c(-c2ccn3nc(NC(=O)OF)cc3c2)c2cn[nH]c12. The maximum absolute atomic E-state index is 15.0. The van der Waals surface area contributed by atoms with Crippen molar-refractivity contribution in [3.8, 4) is 11.1 Å². The average molecular weight is 401 g/mol. The van der Waals surface area contributed by atoms with E-state index >= 15 is 4.39 Å². The normalized spacial score (nSPS) is 11.0. The van der Waals surface area contributed by atoms with Crippen LogP contribution in [0.3, 0.4) is 0 Å². The van der Waals surface area contributed by atoms with E-state index in [0.717, 1.165) is 0 Å². The number of anilines is 1. The third-order valence-corrected chi connectivity index (χ3v) is 4.52. The van der Waals surface area contributed by atoms with E-state index in [0.29, 0.717) is 22.0 Å². The first-order valence-electron chi connectivity index (χ1n) is 8.27. The van der Waals surface area contributed by atoms with E-state index in [2.05, 4.69) is 30.3 Å². The Bertz CT molecular complexity index is 1280. The van der Waals surface area contributed by atoms with Crippen LogP contribution >= 0.6 is 0 Å². The van der Waals surface area contributed by atoms with Crippen molar-refractivity contribution in [2.45, 2.75) is 6.92 Å². The van der Waals surface area contributed by atoms with Crippen LogP contribution in [-0.4, -0.2) is 39.0 Å². The van der Waals surface area contributed by atoms with Crippen LogP contribution in [0.2, 0.25) is 0 Å². The quantitative estimate of drug-likeness (QED) is 0.508.